The standard InChI is InChI=1S/C21H22BrClN6O.C2HF3O2/c1-2-3-11-28-17-18(27-13-9-24-10-14-27)25-20(23)26-19(17)29(21(28)30)12-8-15-4-6-16(22)7-5-15;3-2(4,5)1(6)7/h4-7,24H,8-14H2,1H3;(H,6,7). The number of carbonyl (C=O) groups is 1. The van der Waals surface area contributed by atoms with Crippen LogP contribution in [0.5, 0.6) is 0 Å². The highest BCUT2D eigenvalue weighted by Gasteiger charge is 2.38. The first-order valence-electron chi connectivity index (χ1n) is 11.1. The van der Waals surface area contributed by atoms with E-state index in [-0.39, 0.29) is 11.0 Å². The van der Waals surface area contributed by atoms with E-state index < -0.39 is 12.1 Å². The van der Waals surface area contributed by atoms with E-state index in [2.05, 4.69) is 48.0 Å². The molecule has 1 aliphatic rings. The lowest BCUT2D eigenvalue weighted by Gasteiger charge is -2.28. The lowest BCUT2D eigenvalue weighted by atomic mass is 10.1. The molecule has 1 fully saturated rings. The normalized spacial score (nSPS) is 13.5. The highest BCUT2D eigenvalue weighted by molar-refractivity contribution is 9.10. The summed E-state index contributed by atoms with van der Waals surface area (Å²) in [5, 5.41) is 10.6. The number of aliphatic carboxylic acids is 1. The molecule has 0 saturated carbocycles. The predicted molar refractivity (Wildman–Crippen MR) is 137 cm³/mol. The fourth-order valence-corrected chi connectivity index (χ4v) is 4.09. The Morgan fingerprint density at radius 2 is 1.81 bits per heavy atom. The van der Waals surface area contributed by atoms with E-state index in [0.29, 0.717) is 36.5 Å². The molecule has 14 heteroatoms. The van der Waals surface area contributed by atoms with Gasteiger partial charge in [0, 0.05) is 37.2 Å². The number of imidazole rings is 1. The molecular weight excluding hydrogens is 581 g/mol. The smallest absolute Gasteiger partial charge is 0.475 e. The van der Waals surface area contributed by atoms with Crippen molar-refractivity contribution in [3.63, 3.8) is 0 Å². The summed E-state index contributed by atoms with van der Waals surface area (Å²) < 4.78 is 36.1. The number of carboxylic acid groups (broad SMARTS) is 1. The second-order valence-electron chi connectivity index (χ2n) is 7.85. The van der Waals surface area contributed by atoms with Crippen LogP contribution in [0.1, 0.15) is 12.5 Å². The molecule has 4 rings (SSSR count). The molecule has 1 aromatic carbocycles. The fraction of sp³-hybridized carbons (Fsp3) is 0.391. The number of nitrogens with one attached hydrogen (secondary N) is 1. The quantitative estimate of drug-likeness (QED) is 0.341. The van der Waals surface area contributed by atoms with Gasteiger partial charge in [-0.3, -0.25) is 9.13 Å². The van der Waals surface area contributed by atoms with Gasteiger partial charge in [0.2, 0.25) is 5.28 Å². The molecule has 1 aliphatic heterocycles. The zero-order valence-corrected chi connectivity index (χ0v) is 22.0. The number of anilines is 1. The van der Waals surface area contributed by atoms with Crippen molar-refractivity contribution in [3.05, 3.63) is 50.1 Å². The van der Waals surface area contributed by atoms with E-state index in [1.165, 1.54) is 0 Å². The predicted octanol–water partition coefficient (Wildman–Crippen LogP) is 3.32. The number of aryl methyl sites for hydroxylation is 2. The highest BCUT2D eigenvalue weighted by atomic mass is 79.9. The highest BCUT2D eigenvalue weighted by Crippen LogP contribution is 2.26. The first kappa shape index (κ1) is 28.5. The number of hydrogen-bond acceptors (Lipinski definition) is 6. The Hall–Kier alpha value is -3.08. The first-order valence-corrected chi connectivity index (χ1v) is 12.3. The number of benzene rings is 1. The molecule has 3 heterocycles. The lowest BCUT2D eigenvalue weighted by Crippen LogP contribution is -2.44. The Labute approximate surface area is 223 Å². The summed E-state index contributed by atoms with van der Waals surface area (Å²) in [7, 11) is 0. The van der Waals surface area contributed by atoms with Crippen LogP contribution in [0.25, 0.3) is 11.2 Å². The third-order valence-corrected chi connectivity index (χ3v) is 6.12. The van der Waals surface area contributed by atoms with Crippen molar-refractivity contribution in [2.75, 3.05) is 31.1 Å². The number of piperazine rings is 1. The van der Waals surface area contributed by atoms with E-state index in [0.717, 1.165) is 36.2 Å². The molecule has 0 bridgehead atoms. The minimum Gasteiger partial charge on any atom is -0.475 e. The van der Waals surface area contributed by atoms with Gasteiger partial charge in [0.15, 0.2) is 11.5 Å². The number of alkyl halides is 3. The van der Waals surface area contributed by atoms with E-state index in [1.807, 2.05) is 24.3 Å². The lowest BCUT2D eigenvalue weighted by molar-refractivity contribution is -0.192. The van der Waals surface area contributed by atoms with Crippen molar-refractivity contribution >= 4 is 50.5 Å². The minimum absolute atomic E-state index is 0.141. The van der Waals surface area contributed by atoms with Gasteiger partial charge in [-0.2, -0.15) is 23.1 Å². The zero-order chi connectivity index (χ0) is 27.2. The van der Waals surface area contributed by atoms with Gasteiger partial charge in [-0.25, -0.2) is 9.59 Å². The molecule has 0 amide bonds. The number of carboxylic acids is 1. The first-order chi connectivity index (χ1) is 17.5. The van der Waals surface area contributed by atoms with Gasteiger partial charge in [-0.1, -0.05) is 34.0 Å². The van der Waals surface area contributed by atoms with Crippen LogP contribution in [0.3, 0.4) is 0 Å². The molecule has 0 radical (unpaired) electrons. The molecule has 9 nitrogen and oxygen atoms in total. The van der Waals surface area contributed by atoms with Gasteiger partial charge >= 0.3 is 17.8 Å². The van der Waals surface area contributed by atoms with Crippen molar-refractivity contribution in [3.8, 4) is 11.8 Å². The number of hydrogen-bond donors (Lipinski definition) is 2. The van der Waals surface area contributed by atoms with Crippen LogP contribution in [-0.2, 0) is 24.3 Å². The molecule has 37 heavy (non-hydrogen) atoms. The van der Waals surface area contributed by atoms with Crippen LogP contribution in [0.2, 0.25) is 5.28 Å². The summed E-state index contributed by atoms with van der Waals surface area (Å²) in [6, 6.07) is 8.09. The fourth-order valence-electron chi connectivity index (χ4n) is 3.66. The minimum atomic E-state index is -5.08. The maximum absolute atomic E-state index is 13.3. The molecule has 0 unspecified atom stereocenters. The largest absolute Gasteiger partial charge is 0.490 e. The van der Waals surface area contributed by atoms with Crippen molar-refractivity contribution in [2.45, 2.75) is 32.6 Å². The number of nitrogens with zero attached hydrogens (tertiary/aromatic N) is 5. The summed E-state index contributed by atoms with van der Waals surface area (Å²) in [6.45, 7) is 5.85. The van der Waals surface area contributed by atoms with Crippen LogP contribution in [0.15, 0.2) is 33.5 Å². The third kappa shape index (κ3) is 7.24. The van der Waals surface area contributed by atoms with Crippen molar-refractivity contribution in [2.24, 2.45) is 0 Å². The van der Waals surface area contributed by atoms with E-state index in [4.69, 9.17) is 21.5 Å². The van der Waals surface area contributed by atoms with Crippen LogP contribution >= 0.6 is 27.5 Å². The second kappa shape index (κ2) is 12.4. The van der Waals surface area contributed by atoms with Crippen LogP contribution in [0.4, 0.5) is 19.0 Å². The SMILES string of the molecule is CC#CCn1c(=O)n(CCc2ccc(Br)cc2)c2nc(Cl)nc(N3CCNCC3)c21.O=C(O)C(F)(F)F. The number of halogens is 5. The van der Waals surface area contributed by atoms with E-state index >= 15 is 0 Å². The Balaban J connectivity index is 0.000000479. The van der Waals surface area contributed by atoms with Gasteiger partial charge in [-0.05, 0) is 42.6 Å². The van der Waals surface area contributed by atoms with Gasteiger partial charge in [0.05, 0.1) is 6.54 Å². The average molecular weight is 604 g/mol. The van der Waals surface area contributed by atoms with Crippen LogP contribution < -0.4 is 15.9 Å². The number of aromatic nitrogens is 4. The Morgan fingerprint density at radius 1 is 1.19 bits per heavy atom. The van der Waals surface area contributed by atoms with Gasteiger partial charge in [-0.15, -0.1) is 5.92 Å². The van der Waals surface area contributed by atoms with Crippen molar-refractivity contribution < 1.29 is 23.1 Å². The maximum Gasteiger partial charge on any atom is 0.490 e. The third-order valence-electron chi connectivity index (χ3n) is 5.42. The van der Waals surface area contributed by atoms with Crippen LogP contribution in [0, 0.1) is 11.8 Å². The summed E-state index contributed by atoms with van der Waals surface area (Å²) >= 11 is 9.75. The summed E-state index contributed by atoms with van der Waals surface area (Å²) in [5.41, 5.74) is 2.26. The van der Waals surface area contributed by atoms with Gasteiger partial charge in [0.1, 0.15) is 5.52 Å². The van der Waals surface area contributed by atoms with Crippen molar-refractivity contribution in [1.29, 1.82) is 0 Å². The van der Waals surface area contributed by atoms with Crippen LogP contribution in [-0.4, -0.2) is 62.5 Å². The molecule has 1 saturated heterocycles. The number of rotatable bonds is 5. The molecule has 0 aliphatic carbocycles. The van der Waals surface area contributed by atoms with E-state index in [1.54, 1.807) is 16.1 Å². The zero-order valence-electron chi connectivity index (χ0n) is 19.6. The molecule has 0 spiro atoms. The Morgan fingerprint density at radius 3 is 2.38 bits per heavy atom. The monoisotopic (exact) mass is 602 g/mol. The molecule has 2 N–H and O–H groups in total. The Bertz CT molecular complexity index is 1370. The molecule has 2 aromatic heterocycles. The Kier molecular flexibility index (Phi) is 9.58. The summed E-state index contributed by atoms with van der Waals surface area (Å²) in [5.74, 6) is 3.83. The average Bonchev–Trinajstić information content (AvgIpc) is 3.12. The number of fused-ring (bicyclic) bond motifs is 1. The summed E-state index contributed by atoms with van der Waals surface area (Å²) in [4.78, 5) is 33.3. The molecule has 3 aromatic rings. The van der Waals surface area contributed by atoms with Crippen molar-refractivity contribution in [1.82, 2.24) is 24.4 Å². The van der Waals surface area contributed by atoms with E-state index in [9.17, 15) is 18.0 Å². The molecule has 0 atom stereocenters. The van der Waals surface area contributed by atoms with Gasteiger partial charge in [0.25, 0.3) is 0 Å². The molecular formula is C23H23BrClF3N6O3. The molecule has 198 valence electrons. The summed E-state index contributed by atoms with van der Waals surface area (Å²) in [6.07, 6.45) is -4.38. The topological polar surface area (TPSA) is 105 Å². The second-order valence-corrected chi connectivity index (χ2v) is 9.11. The maximum atomic E-state index is 13.3. The van der Waals surface area contributed by atoms with Gasteiger partial charge < -0.3 is 15.3 Å².